The number of hydrogen-bond acceptors (Lipinski definition) is 0. The molecule has 1 fully saturated rings. The van der Waals surface area contributed by atoms with E-state index in [0.29, 0.717) is 0 Å². The maximum Gasteiger partial charge on any atom is 0.00267 e. The van der Waals surface area contributed by atoms with Gasteiger partial charge in [-0.3, -0.25) is 0 Å². The lowest BCUT2D eigenvalue weighted by Gasteiger charge is -1.83. The molecule has 0 aromatic heterocycles. The van der Waals surface area contributed by atoms with Gasteiger partial charge in [-0.25, -0.2) is 0 Å². The predicted octanol–water partition coefficient (Wildman–Crippen LogP) is 2.49. The zero-order chi connectivity index (χ0) is 5.28. The number of alkyl halides is 2. The van der Waals surface area contributed by atoms with Crippen molar-refractivity contribution in [2.24, 2.45) is 11.8 Å². The number of hydrogen-bond donors (Lipinski definition) is 0. The van der Waals surface area contributed by atoms with Crippen molar-refractivity contribution in [2.45, 2.75) is 6.42 Å². The molecule has 0 amide bonds. The Labute approximate surface area is 71.7 Å². The predicted molar refractivity (Wildman–Crippen MR) is 49.4 cm³/mol. The molecule has 42 valence electrons. The van der Waals surface area contributed by atoms with E-state index >= 15 is 0 Å². The van der Waals surface area contributed by atoms with Gasteiger partial charge in [-0.1, -0.05) is 45.2 Å². The molecule has 0 aromatic rings. The van der Waals surface area contributed by atoms with E-state index in [1.165, 1.54) is 15.3 Å². The molecule has 0 saturated heterocycles. The van der Waals surface area contributed by atoms with Crippen LogP contribution in [0.25, 0.3) is 0 Å². The first kappa shape index (κ1) is 6.58. The van der Waals surface area contributed by atoms with E-state index in [4.69, 9.17) is 0 Å². The van der Waals surface area contributed by atoms with E-state index in [1.54, 1.807) is 0 Å². The van der Waals surface area contributed by atoms with Gasteiger partial charge in [-0.15, -0.1) is 0 Å². The van der Waals surface area contributed by atoms with E-state index in [0.717, 1.165) is 11.8 Å². The van der Waals surface area contributed by atoms with Crippen LogP contribution in [0.4, 0.5) is 0 Å². The topological polar surface area (TPSA) is 0 Å². The molecule has 0 unspecified atom stereocenters. The smallest absolute Gasteiger partial charge is 0.00267 e. The van der Waals surface area contributed by atoms with E-state index in [2.05, 4.69) is 45.2 Å². The summed E-state index contributed by atoms with van der Waals surface area (Å²) in [4.78, 5) is 0. The molecule has 0 bridgehead atoms. The van der Waals surface area contributed by atoms with Gasteiger partial charge < -0.3 is 0 Å². The summed E-state index contributed by atoms with van der Waals surface area (Å²) in [6.45, 7) is 0. The Morgan fingerprint density at radius 2 is 1.57 bits per heavy atom. The molecular formula is C5H8I2. The Morgan fingerprint density at radius 3 is 1.71 bits per heavy atom. The lowest BCUT2D eigenvalue weighted by atomic mass is 10.4. The SMILES string of the molecule is IC[C@@H]1C[C@H]1CI. The van der Waals surface area contributed by atoms with Crippen LogP contribution in [0.1, 0.15) is 6.42 Å². The Bertz CT molecular complexity index is 55.1. The molecular weight excluding hydrogens is 314 g/mol. The van der Waals surface area contributed by atoms with Crippen molar-refractivity contribution in [3.05, 3.63) is 0 Å². The van der Waals surface area contributed by atoms with Crippen molar-refractivity contribution in [1.82, 2.24) is 0 Å². The third-order valence-electron chi connectivity index (χ3n) is 1.47. The quantitative estimate of drug-likeness (QED) is 0.541. The van der Waals surface area contributed by atoms with Crippen LogP contribution in [0, 0.1) is 11.8 Å². The minimum atomic E-state index is 1.09. The van der Waals surface area contributed by atoms with Crippen molar-refractivity contribution >= 4 is 45.2 Å². The van der Waals surface area contributed by atoms with Gasteiger partial charge in [0.2, 0.25) is 0 Å². The fourth-order valence-electron chi connectivity index (χ4n) is 0.688. The van der Waals surface area contributed by atoms with Crippen LogP contribution < -0.4 is 0 Å². The first-order valence-corrected chi connectivity index (χ1v) is 5.55. The molecule has 1 aliphatic carbocycles. The van der Waals surface area contributed by atoms with Gasteiger partial charge >= 0.3 is 0 Å². The highest BCUT2D eigenvalue weighted by molar-refractivity contribution is 14.1. The molecule has 1 aliphatic rings. The maximum absolute atomic E-state index is 2.48. The largest absolute Gasteiger partial charge is 0.0861 e. The Hall–Kier alpha value is 1.46. The first-order chi connectivity index (χ1) is 3.38. The molecule has 2 heteroatoms. The molecule has 0 heterocycles. The summed E-state index contributed by atoms with van der Waals surface area (Å²) in [6.07, 6.45) is 1.51. The van der Waals surface area contributed by atoms with Gasteiger partial charge in [0.1, 0.15) is 0 Å². The van der Waals surface area contributed by atoms with Crippen LogP contribution >= 0.6 is 45.2 Å². The fourth-order valence-corrected chi connectivity index (χ4v) is 2.85. The second kappa shape index (κ2) is 2.85. The van der Waals surface area contributed by atoms with Crippen molar-refractivity contribution in [3.63, 3.8) is 0 Å². The zero-order valence-electron chi connectivity index (χ0n) is 4.03. The lowest BCUT2D eigenvalue weighted by Crippen LogP contribution is -1.81. The van der Waals surface area contributed by atoms with Gasteiger partial charge in [0.15, 0.2) is 0 Å². The minimum Gasteiger partial charge on any atom is -0.0861 e. The summed E-state index contributed by atoms with van der Waals surface area (Å²) in [5.74, 6) is 2.19. The maximum atomic E-state index is 2.48. The highest BCUT2D eigenvalue weighted by atomic mass is 127. The molecule has 0 aromatic carbocycles. The highest BCUT2D eigenvalue weighted by Gasteiger charge is 2.34. The number of halogens is 2. The number of rotatable bonds is 2. The lowest BCUT2D eigenvalue weighted by molar-refractivity contribution is 0.878. The standard InChI is InChI=1S/C5H8I2/c6-2-4-1-5(4)3-7/h4-5H,1-3H2/t4-,5-/m0/s1. The van der Waals surface area contributed by atoms with Crippen LogP contribution in [-0.4, -0.2) is 8.86 Å². The fraction of sp³-hybridized carbons (Fsp3) is 1.00. The van der Waals surface area contributed by atoms with Crippen molar-refractivity contribution in [1.29, 1.82) is 0 Å². The Balaban J connectivity index is 2.06. The zero-order valence-corrected chi connectivity index (χ0v) is 8.35. The Kier molecular flexibility index (Phi) is 2.67. The second-order valence-corrected chi connectivity index (χ2v) is 3.83. The third kappa shape index (κ3) is 1.69. The molecule has 0 aliphatic heterocycles. The molecule has 0 nitrogen and oxygen atoms in total. The van der Waals surface area contributed by atoms with Crippen LogP contribution in [0.3, 0.4) is 0 Å². The average Bonchev–Trinajstić information content (AvgIpc) is 2.43. The van der Waals surface area contributed by atoms with E-state index in [9.17, 15) is 0 Å². The third-order valence-corrected chi connectivity index (χ3v) is 3.73. The average molecular weight is 322 g/mol. The van der Waals surface area contributed by atoms with Gasteiger partial charge in [0.05, 0.1) is 0 Å². The summed E-state index contributed by atoms with van der Waals surface area (Å²) < 4.78 is 2.76. The van der Waals surface area contributed by atoms with Crippen LogP contribution in [0.5, 0.6) is 0 Å². The Morgan fingerprint density at radius 1 is 1.14 bits per heavy atom. The van der Waals surface area contributed by atoms with Crippen LogP contribution in [0.15, 0.2) is 0 Å². The summed E-state index contributed by atoms with van der Waals surface area (Å²) in [5.41, 5.74) is 0. The van der Waals surface area contributed by atoms with Crippen molar-refractivity contribution in [3.8, 4) is 0 Å². The summed E-state index contributed by atoms with van der Waals surface area (Å²) in [6, 6.07) is 0. The molecule has 1 rings (SSSR count). The molecule has 0 spiro atoms. The molecule has 7 heavy (non-hydrogen) atoms. The van der Waals surface area contributed by atoms with E-state index in [1.807, 2.05) is 0 Å². The van der Waals surface area contributed by atoms with E-state index in [-0.39, 0.29) is 0 Å². The molecule has 0 N–H and O–H groups in total. The molecule has 1 saturated carbocycles. The van der Waals surface area contributed by atoms with Gasteiger partial charge in [-0.2, -0.15) is 0 Å². The van der Waals surface area contributed by atoms with Gasteiger partial charge in [-0.05, 0) is 18.3 Å². The van der Waals surface area contributed by atoms with Crippen LogP contribution in [0.2, 0.25) is 0 Å². The van der Waals surface area contributed by atoms with Crippen molar-refractivity contribution < 1.29 is 0 Å². The minimum absolute atomic E-state index is 1.09. The monoisotopic (exact) mass is 322 g/mol. The summed E-state index contributed by atoms with van der Waals surface area (Å²) >= 11 is 4.95. The first-order valence-electron chi connectivity index (χ1n) is 2.50. The molecule has 2 atom stereocenters. The van der Waals surface area contributed by atoms with Gasteiger partial charge in [0.25, 0.3) is 0 Å². The summed E-state index contributed by atoms with van der Waals surface area (Å²) in [7, 11) is 0. The second-order valence-electron chi connectivity index (χ2n) is 2.06. The molecule has 0 radical (unpaired) electrons. The summed E-state index contributed by atoms with van der Waals surface area (Å²) in [5, 5.41) is 0. The normalized spacial score (nSPS) is 38.6. The highest BCUT2D eigenvalue weighted by Crippen LogP contribution is 2.40. The van der Waals surface area contributed by atoms with Gasteiger partial charge in [0, 0.05) is 8.86 Å². The van der Waals surface area contributed by atoms with Crippen molar-refractivity contribution in [2.75, 3.05) is 8.86 Å². The van der Waals surface area contributed by atoms with Crippen LogP contribution in [-0.2, 0) is 0 Å². The van der Waals surface area contributed by atoms with E-state index < -0.39 is 0 Å².